The molecule has 1 aliphatic heterocycles. The van der Waals surface area contributed by atoms with Crippen molar-refractivity contribution >= 4 is 11.8 Å². The quantitative estimate of drug-likeness (QED) is 0.677. The van der Waals surface area contributed by atoms with Crippen LogP contribution in [-0.2, 0) is 4.74 Å². The van der Waals surface area contributed by atoms with Gasteiger partial charge in [-0.25, -0.2) is 4.79 Å². The number of hydrogen-bond donors (Lipinski definition) is 1. The SMILES string of the molecule is CCCCOC(=O)N1CCCC(c2ccc(N)cc2)C1. The monoisotopic (exact) mass is 276 g/mol. The van der Waals surface area contributed by atoms with Gasteiger partial charge in [0.15, 0.2) is 0 Å². The van der Waals surface area contributed by atoms with E-state index in [1.54, 1.807) is 0 Å². The van der Waals surface area contributed by atoms with Crippen molar-refractivity contribution in [3.63, 3.8) is 0 Å². The third-order valence-electron chi connectivity index (χ3n) is 3.81. The van der Waals surface area contributed by atoms with Gasteiger partial charge in [0.05, 0.1) is 6.61 Å². The number of carbonyl (C=O) groups is 1. The van der Waals surface area contributed by atoms with Gasteiger partial charge in [-0.15, -0.1) is 0 Å². The Bertz CT molecular complexity index is 431. The first-order valence-corrected chi connectivity index (χ1v) is 7.48. The van der Waals surface area contributed by atoms with Crippen molar-refractivity contribution in [3.8, 4) is 0 Å². The van der Waals surface area contributed by atoms with Gasteiger partial charge in [0.25, 0.3) is 0 Å². The number of nitrogen functional groups attached to an aromatic ring is 1. The number of likely N-dealkylation sites (tertiary alicyclic amines) is 1. The molecule has 110 valence electrons. The molecule has 1 aromatic carbocycles. The zero-order valence-electron chi connectivity index (χ0n) is 12.2. The first-order chi connectivity index (χ1) is 9.70. The highest BCUT2D eigenvalue weighted by Gasteiger charge is 2.25. The van der Waals surface area contributed by atoms with E-state index < -0.39 is 0 Å². The second-order valence-electron chi connectivity index (χ2n) is 5.42. The lowest BCUT2D eigenvalue weighted by Crippen LogP contribution is -2.39. The number of benzene rings is 1. The number of anilines is 1. The fourth-order valence-electron chi connectivity index (χ4n) is 2.58. The Balaban J connectivity index is 1.91. The van der Waals surface area contributed by atoms with Crippen LogP contribution in [0.25, 0.3) is 0 Å². The van der Waals surface area contributed by atoms with Crippen LogP contribution in [0.3, 0.4) is 0 Å². The largest absolute Gasteiger partial charge is 0.449 e. The van der Waals surface area contributed by atoms with Gasteiger partial charge in [0.1, 0.15) is 0 Å². The molecule has 2 rings (SSSR count). The van der Waals surface area contributed by atoms with Gasteiger partial charge in [-0.1, -0.05) is 25.5 Å². The minimum Gasteiger partial charge on any atom is -0.449 e. The fourth-order valence-corrected chi connectivity index (χ4v) is 2.58. The lowest BCUT2D eigenvalue weighted by atomic mass is 9.91. The third-order valence-corrected chi connectivity index (χ3v) is 3.81. The van der Waals surface area contributed by atoms with Crippen LogP contribution in [0.15, 0.2) is 24.3 Å². The average Bonchev–Trinajstić information content (AvgIpc) is 2.48. The molecule has 0 aliphatic carbocycles. The summed E-state index contributed by atoms with van der Waals surface area (Å²) in [5.74, 6) is 0.392. The number of hydrogen-bond acceptors (Lipinski definition) is 3. The molecule has 4 heteroatoms. The van der Waals surface area contributed by atoms with Crippen LogP contribution in [0.2, 0.25) is 0 Å². The summed E-state index contributed by atoms with van der Waals surface area (Å²) in [6, 6.07) is 7.97. The number of amides is 1. The zero-order chi connectivity index (χ0) is 14.4. The second kappa shape index (κ2) is 7.17. The van der Waals surface area contributed by atoms with Gasteiger partial charge in [0, 0.05) is 24.7 Å². The minimum absolute atomic E-state index is 0.168. The topological polar surface area (TPSA) is 55.6 Å². The molecule has 1 amide bonds. The molecule has 0 bridgehead atoms. The van der Waals surface area contributed by atoms with Crippen LogP contribution in [0.4, 0.5) is 10.5 Å². The molecule has 1 aliphatic rings. The van der Waals surface area contributed by atoms with Gasteiger partial charge in [-0.3, -0.25) is 0 Å². The summed E-state index contributed by atoms with van der Waals surface area (Å²) in [6.07, 6.45) is 3.95. The number of rotatable bonds is 4. The average molecular weight is 276 g/mol. The number of nitrogens with zero attached hydrogens (tertiary/aromatic N) is 1. The number of unbranched alkanes of at least 4 members (excludes halogenated alkanes) is 1. The Kier molecular flexibility index (Phi) is 5.27. The molecule has 4 nitrogen and oxygen atoms in total. The maximum Gasteiger partial charge on any atom is 0.409 e. The van der Waals surface area contributed by atoms with Crippen LogP contribution in [0.5, 0.6) is 0 Å². The van der Waals surface area contributed by atoms with E-state index in [4.69, 9.17) is 10.5 Å². The molecule has 0 spiro atoms. The molecule has 1 unspecified atom stereocenters. The van der Waals surface area contributed by atoms with Crippen LogP contribution in [-0.4, -0.2) is 30.7 Å². The van der Waals surface area contributed by atoms with E-state index in [0.29, 0.717) is 12.5 Å². The van der Waals surface area contributed by atoms with Crippen LogP contribution in [0.1, 0.15) is 44.1 Å². The Labute approximate surface area is 120 Å². The summed E-state index contributed by atoms with van der Waals surface area (Å²) in [5.41, 5.74) is 7.75. The lowest BCUT2D eigenvalue weighted by molar-refractivity contribution is 0.0904. The number of nitrogens with two attached hydrogens (primary N) is 1. The minimum atomic E-state index is -0.168. The Morgan fingerprint density at radius 3 is 2.85 bits per heavy atom. The maximum atomic E-state index is 12.0. The van der Waals surface area contributed by atoms with E-state index in [-0.39, 0.29) is 6.09 Å². The molecular weight excluding hydrogens is 252 g/mol. The fraction of sp³-hybridized carbons (Fsp3) is 0.562. The van der Waals surface area contributed by atoms with Crippen molar-refractivity contribution in [1.82, 2.24) is 4.90 Å². The van der Waals surface area contributed by atoms with E-state index in [0.717, 1.165) is 44.5 Å². The molecular formula is C16H24N2O2. The summed E-state index contributed by atoms with van der Waals surface area (Å²) >= 11 is 0. The van der Waals surface area contributed by atoms with E-state index in [9.17, 15) is 4.79 Å². The van der Waals surface area contributed by atoms with Gasteiger partial charge < -0.3 is 15.4 Å². The zero-order valence-corrected chi connectivity index (χ0v) is 12.2. The van der Waals surface area contributed by atoms with Crippen molar-refractivity contribution < 1.29 is 9.53 Å². The normalized spacial score (nSPS) is 18.9. The summed E-state index contributed by atoms with van der Waals surface area (Å²) < 4.78 is 5.29. The molecule has 1 aromatic rings. The van der Waals surface area contributed by atoms with Crippen LogP contribution < -0.4 is 5.73 Å². The number of carbonyl (C=O) groups excluding carboxylic acids is 1. The molecule has 0 aromatic heterocycles. The number of ether oxygens (including phenoxy) is 1. The van der Waals surface area contributed by atoms with Crippen molar-refractivity contribution in [2.45, 2.75) is 38.5 Å². The Morgan fingerprint density at radius 1 is 1.40 bits per heavy atom. The van der Waals surface area contributed by atoms with E-state index in [1.807, 2.05) is 17.0 Å². The van der Waals surface area contributed by atoms with E-state index >= 15 is 0 Å². The summed E-state index contributed by atoms with van der Waals surface area (Å²) in [7, 11) is 0. The Morgan fingerprint density at radius 2 is 2.15 bits per heavy atom. The summed E-state index contributed by atoms with van der Waals surface area (Å²) in [4.78, 5) is 13.8. The van der Waals surface area contributed by atoms with Crippen molar-refractivity contribution in [2.24, 2.45) is 0 Å². The van der Waals surface area contributed by atoms with Gasteiger partial charge in [-0.05, 0) is 37.0 Å². The van der Waals surface area contributed by atoms with Crippen molar-refractivity contribution in [3.05, 3.63) is 29.8 Å². The van der Waals surface area contributed by atoms with Gasteiger partial charge in [0.2, 0.25) is 0 Å². The molecule has 2 N–H and O–H groups in total. The maximum absolute atomic E-state index is 12.0. The third kappa shape index (κ3) is 3.89. The summed E-state index contributed by atoms with van der Waals surface area (Å²) in [6.45, 7) is 4.16. The van der Waals surface area contributed by atoms with Crippen molar-refractivity contribution in [2.75, 3.05) is 25.4 Å². The molecule has 0 radical (unpaired) electrons. The van der Waals surface area contributed by atoms with Crippen molar-refractivity contribution in [1.29, 1.82) is 0 Å². The predicted molar refractivity (Wildman–Crippen MR) is 80.7 cm³/mol. The van der Waals surface area contributed by atoms with E-state index in [2.05, 4.69) is 19.1 Å². The highest BCUT2D eigenvalue weighted by atomic mass is 16.6. The van der Waals surface area contributed by atoms with Gasteiger partial charge in [-0.2, -0.15) is 0 Å². The highest BCUT2D eigenvalue weighted by Crippen LogP contribution is 2.27. The Hall–Kier alpha value is -1.71. The molecule has 1 fully saturated rings. The highest BCUT2D eigenvalue weighted by molar-refractivity contribution is 5.67. The molecule has 0 saturated carbocycles. The van der Waals surface area contributed by atoms with Gasteiger partial charge >= 0.3 is 6.09 Å². The standard InChI is InChI=1S/C16H24N2O2/c1-2-3-11-20-16(19)18-10-4-5-14(12-18)13-6-8-15(17)9-7-13/h6-9,14H,2-5,10-12,17H2,1H3. The summed E-state index contributed by atoms with van der Waals surface area (Å²) in [5, 5.41) is 0. The lowest BCUT2D eigenvalue weighted by Gasteiger charge is -2.32. The first kappa shape index (κ1) is 14.7. The second-order valence-corrected chi connectivity index (χ2v) is 5.42. The first-order valence-electron chi connectivity index (χ1n) is 7.48. The molecule has 1 heterocycles. The molecule has 1 atom stereocenters. The molecule has 20 heavy (non-hydrogen) atoms. The van der Waals surface area contributed by atoms with E-state index in [1.165, 1.54) is 5.56 Å². The van der Waals surface area contributed by atoms with Crippen LogP contribution in [0, 0.1) is 0 Å². The van der Waals surface area contributed by atoms with Crippen LogP contribution >= 0.6 is 0 Å². The smallest absolute Gasteiger partial charge is 0.409 e. The number of piperidine rings is 1. The predicted octanol–water partition coefficient (Wildman–Crippen LogP) is 3.38. The molecule has 1 saturated heterocycles.